The van der Waals surface area contributed by atoms with Gasteiger partial charge in [0.15, 0.2) is 0 Å². The first-order chi connectivity index (χ1) is 7.84. The zero-order chi connectivity index (χ0) is 13.2. The zero-order valence-corrected chi connectivity index (χ0v) is 8.66. The quantitative estimate of drug-likeness (QED) is 0.623. The van der Waals surface area contributed by atoms with Crippen LogP contribution in [0, 0.1) is 16.7 Å². The molecule has 0 radical (unpaired) electrons. The monoisotopic (exact) mass is 242 g/mol. The summed E-state index contributed by atoms with van der Waals surface area (Å²) in [6, 6.07) is 0.238. The fourth-order valence-corrected chi connectivity index (χ4v) is 1.91. The molecule has 0 aromatic rings. The summed E-state index contributed by atoms with van der Waals surface area (Å²) in [6.45, 7) is -0.484. The van der Waals surface area contributed by atoms with Gasteiger partial charge < -0.3 is 15.3 Å². The minimum Gasteiger partial charge on any atom is -0.481 e. The lowest BCUT2D eigenvalue weighted by molar-refractivity contribution is -0.148. The van der Waals surface area contributed by atoms with Crippen LogP contribution in [0.1, 0.15) is 12.8 Å². The van der Waals surface area contributed by atoms with E-state index in [0.717, 1.165) is 0 Å². The Balaban J connectivity index is 3.08. The highest BCUT2D eigenvalue weighted by Gasteiger charge is 2.53. The van der Waals surface area contributed by atoms with E-state index in [1.807, 2.05) is 0 Å². The molecule has 0 aromatic carbocycles. The second-order valence-corrected chi connectivity index (χ2v) is 3.89. The summed E-state index contributed by atoms with van der Waals surface area (Å²) in [5.41, 5.74) is -1.63. The summed E-state index contributed by atoms with van der Waals surface area (Å²) >= 11 is 0. The molecular formula is C9H10N2O6. The minimum atomic E-state index is -1.63. The van der Waals surface area contributed by atoms with E-state index in [9.17, 15) is 14.4 Å². The first kappa shape index (κ1) is 12.8. The number of hydrogen-bond acceptors (Lipinski definition) is 4. The Morgan fingerprint density at radius 3 is 2.24 bits per heavy atom. The SMILES string of the molecule is N#CC[C@]1(C(=O)O)C[C@@H](C(=O)O)N(C(=O)O)C1. The molecule has 1 amide bonds. The Labute approximate surface area is 95.7 Å². The van der Waals surface area contributed by atoms with Crippen molar-refractivity contribution >= 4 is 18.0 Å². The first-order valence-electron chi connectivity index (χ1n) is 4.67. The second-order valence-electron chi connectivity index (χ2n) is 3.89. The molecule has 92 valence electrons. The summed E-state index contributed by atoms with van der Waals surface area (Å²) in [7, 11) is 0. The van der Waals surface area contributed by atoms with Gasteiger partial charge in [0.05, 0.1) is 12.5 Å². The van der Waals surface area contributed by atoms with Crippen LogP contribution in [0.15, 0.2) is 0 Å². The second kappa shape index (κ2) is 4.29. The molecular weight excluding hydrogens is 232 g/mol. The van der Waals surface area contributed by atoms with Crippen LogP contribution in [0.25, 0.3) is 0 Å². The smallest absolute Gasteiger partial charge is 0.408 e. The first-order valence-corrected chi connectivity index (χ1v) is 4.67. The van der Waals surface area contributed by atoms with E-state index >= 15 is 0 Å². The fourth-order valence-electron chi connectivity index (χ4n) is 1.91. The Morgan fingerprint density at radius 2 is 1.94 bits per heavy atom. The molecule has 1 saturated heterocycles. The van der Waals surface area contributed by atoms with Crippen LogP contribution >= 0.6 is 0 Å². The summed E-state index contributed by atoms with van der Waals surface area (Å²) in [4.78, 5) is 33.3. The van der Waals surface area contributed by atoms with Crippen molar-refractivity contribution in [1.29, 1.82) is 5.26 Å². The molecule has 3 N–H and O–H groups in total. The lowest BCUT2D eigenvalue weighted by Crippen LogP contribution is -2.40. The predicted octanol–water partition coefficient (Wildman–Crippen LogP) is -0.192. The number of likely N-dealkylation sites (tertiary alicyclic amines) is 1. The summed E-state index contributed by atoms with van der Waals surface area (Å²) in [5, 5.41) is 35.2. The van der Waals surface area contributed by atoms with Gasteiger partial charge in [-0.05, 0) is 6.42 Å². The number of aliphatic carboxylic acids is 2. The molecule has 0 aliphatic carbocycles. The van der Waals surface area contributed by atoms with Crippen LogP contribution in [-0.4, -0.2) is 50.8 Å². The third-order valence-corrected chi connectivity index (χ3v) is 2.84. The molecule has 1 rings (SSSR count). The molecule has 1 fully saturated rings. The van der Waals surface area contributed by atoms with Gasteiger partial charge in [-0.2, -0.15) is 5.26 Å². The van der Waals surface area contributed by atoms with Gasteiger partial charge in [0.2, 0.25) is 0 Å². The van der Waals surface area contributed by atoms with Crippen molar-refractivity contribution in [2.75, 3.05) is 6.54 Å². The van der Waals surface area contributed by atoms with Crippen LogP contribution in [0.5, 0.6) is 0 Å². The van der Waals surface area contributed by atoms with Gasteiger partial charge in [-0.15, -0.1) is 0 Å². The van der Waals surface area contributed by atoms with Gasteiger partial charge >= 0.3 is 18.0 Å². The van der Waals surface area contributed by atoms with Crippen molar-refractivity contribution < 1.29 is 29.7 Å². The van der Waals surface area contributed by atoms with Crippen molar-refractivity contribution in [1.82, 2.24) is 4.90 Å². The van der Waals surface area contributed by atoms with Crippen molar-refractivity contribution in [2.45, 2.75) is 18.9 Å². The highest BCUT2D eigenvalue weighted by atomic mass is 16.4. The van der Waals surface area contributed by atoms with Crippen LogP contribution < -0.4 is 0 Å². The summed E-state index contributed by atoms with van der Waals surface area (Å²) < 4.78 is 0. The third-order valence-electron chi connectivity index (χ3n) is 2.84. The van der Waals surface area contributed by atoms with Crippen LogP contribution in [0.4, 0.5) is 4.79 Å². The molecule has 0 aromatic heterocycles. The normalized spacial score (nSPS) is 27.5. The Morgan fingerprint density at radius 1 is 1.35 bits per heavy atom. The number of nitrogens with zero attached hydrogens (tertiary/aromatic N) is 2. The minimum absolute atomic E-state index is 0.391. The lowest BCUT2D eigenvalue weighted by atomic mass is 9.83. The average Bonchev–Trinajstić information content (AvgIpc) is 2.59. The van der Waals surface area contributed by atoms with Gasteiger partial charge in [0, 0.05) is 6.54 Å². The summed E-state index contributed by atoms with van der Waals surface area (Å²) in [6.07, 6.45) is -2.31. The molecule has 2 atom stereocenters. The van der Waals surface area contributed by atoms with E-state index in [1.165, 1.54) is 0 Å². The van der Waals surface area contributed by atoms with Gasteiger partial charge in [-0.25, -0.2) is 9.59 Å². The number of carbonyl (C=O) groups is 3. The Kier molecular flexibility index (Phi) is 3.22. The number of carboxylic acids is 2. The van der Waals surface area contributed by atoms with Crippen LogP contribution in [0.3, 0.4) is 0 Å². The fraction of sp³-hybridized carbons (Fsp3) is 0.556. The van der Waals surface area contributed by atoms with Gasteiger partial charge in [0.1, 0.15) is 11.5 Å². The lowest BCUT2D eigenvalue weighted by Gasteiger charge is -2.20. The summed E-state index contributed by atoms with van der Waals surface area (Å²) in [5.74, 6) is -2.76. The number of rotatable bonds is 3. The van der Waals surface area contributed by atoms with Gasteiger partial charge in [-0.1, -0.05) is 0 Å². The number of amides is 1. The standard InChI is InChI=1S/C9H10N2O6/c10-2-1-9(7(14)15)3-5(6(12)13)11(4-9)8(16)17/h5H,1,3-4H2,(H,12,13)(H,14,15)(H,16,17)/t5-,9-/m0/s1. The molecule has 8 heteroatoms. The Hall–Kier alpha value is -2.30. The molecule has 8 nitrogen and oxygen atoms in total. The van der Waals surface area contributed by atoms with E-state index < -0.39 is 48.9 Å². The highest BCUT2D eigenvalue weighted by Crippen LogP contribution is 2.38. The largest absolute Gasteiger partial charge is 0.481 e. The highest BCUT2D eigenvalue weighted by molar-refractivity contribution is 5.85. The van der Waals surface area contributed by atoms with Crippen LogP contribution in [-0.2, 0) is 9.59 Å². The van der Waals surface area contributed by atoms with Gasteiger partial charge in [0.25, 0.3) is 0 Å². The molecule has 1 aliphatic heterocycles. The predicted molar refractivity (Wildman–Crippen MR) is 51.1 cm³/mol. The van der Waals surface area contributed by atoms with Crippen molar-refractivity contribution in [3.05, 3.63) is 0 Å². The van der Waals surface area contributed by atoms with E-state index in [-0.39, 0.29) is 0 Å². The van der Waals surface area contributed by atoms with Crippen molar-refractivity contribution in [3.8, 4) is 6.07 Å². The third kappa shape index (κ3) is 2.13. The molecule has 0 spiro atoms. The number of nitriles is 1. The van der Waals surface area contributed by atoms with Gasteiger partial charge in [-0.3, -0.25) is 9.69 Å². The van der Waals surface area contributed by atoms with E-state index in [4.69, 9.17) is 20.6 Å². The Bertz CT molecular complexity index is 390. The van der Waals surface area contributed by atoms with Crippen molar-refractivity contribution in [3.63, 3.8) is 0 Å². The average molecular weight is 242 g/mol. The molecule has 0 bridgehead atoms. The van der Waals surface area contributed by atoms with Crippen molar-refractivity contribution in [2.24, 2.45) is 5.41 Å². The molecule has 0 saturated carbocycles. The topological polar surface area (TPSA) is 139 Å². The number of carboxylic acid groups (broad SMARTS) is 3. The van der Waals surface area contributed by atoms with E-state index in [2.05, 4.69) is 0 Å². The zero-order valence-electron chi connectivity index (χ0n) is 8.66. The molecule has 17 heavy (non-hydrogen) atoms. The molecule has 0 unspecified atom stereocenters. The van der Waals surface area contributed by atoms with E-state index in [1.54, 1.807) is 6.07 Å². The molecule has 1 heterocycles. The maximum atomic E-state index is 11.1. The maximum absolute atomic E-state index is 11.1. The van der Waals surface area contributed by atoms with E-state index in [0.29, 0.717) is 4.90 Å². The number of hydrogen-bond donors (Lipinski definition) is 3. The van der Waals surface area contributed by atoms with Crippen LogP contribution in [0.2, 0.25) is 0 Å². The molecule has 1 aliphatic rings. The maximum Gasteiger partial charge on any atom is 0.408 e.